The second kappa shape index (κ2) is 10.6. The molecule has 34 heavy (non-hydrogen) atoms. The van der Waals surface area contributed by atoms with Crippen molar-refractivity contribution in [2.24, 2.45) is 5.92 Å². The van der Waals surface area contributed by atoms with Crippen LogP contribution in [-0.4, -0.2) is 29.3 Å². The van der Waals surface area contributed by atoms with Crippen molar-refractivity contribution in [1.82, 2.24) is 4.98 Å². The number of amides is 2. The van der Waals surface area contributed by atoms with Gasteiger partial charge in [0.15, 0.2) is 0 Å². The van der Waals surface area contributed by atoms with Gasteiger partial charge in [-0.05, 0) is 42.7 Å². The van der Waals surface area contributed by atoms with Crippen LogP contribution in [0.3, 0.4) is 0 Å². The molecule has 0 aliphatic carbocycles. The second-order valence-corrected chi connectivity index (χ2v) is 9.25. The maximum absolute atomic E-state index is 12.6. The number of hydrogen-bond acceptors (Lipinski definition) is 6. The van der Waals surface area contributed by atoms with Gasteiger partial charge in [-0.2, -0.15) is 0 Å². The summed E-state index contributed by atoms with van der Waals surface area (Å²) in [6.07, 6.45) is 1.21. The standard InChI is InChI=1S/C26H27N3O4S/c1-3-18-8-10-21(11-9-18)29-14-19(12-25(29)31)26(32)33-15-20-16-34-24(27-20)13-23(30)28-22-7-5-4-6-17(22)2/h4-11,16,19H,3,12-15H2,1-2H3,(H,28,30)/t19-/m0/s1. The SMILES string of the molecule is CCc1ccc(N2C[C@@H](C(=O)OCc3csc(CC(=O)Nc4ccccc4C)n3)CC2=O)cc1. The molecule has 1 fully saturated rings. The Morgan fingerprint density at radius 1 is 1.18 bits per heavy atom. The number of carbonyl (C=O) groups is 3. The van der Waals surface area contributed by atoms with Crippen LogP contribution >= 0.6 is 11.3 Å². The molecule has 0 saturated carbocycles. The zero-order chi connectivity index (χ0) is 24.1. The van der Waals surface area contributed by atoms with E-state index in [1.165, 1.54) is 16.9 Å². The molecule has 1 aliphatic rings. The van der Waals surface area contributed by atoms with Crippen molar-refractivity contribution in [3.05, 3.63) is 75.7 Å². The van der Waals surface area contributed by atoms with Gasteiger partial charge >= 0.3 is 5.97 Å². The number of aromatic nitrogens is 1. The van der Waals surface area contributed by atoms with E-state index < -0.39 is 11.9 Å². The maximum Gasteiger partial charge on any atom is 0.311 e. The topological polar surface area (TPSA) is 88.6 Å². The molecular weight excluding hydrogens is 450 g/mol. The summed E-state index contributed by atoms with van der Waals surface area (Å²) in [6.45, 7) is 4.34. The summed E-state index contributed by atoms with van der Waals surface area (Å²) in [7, 11) is 0. The summed E-state index contributed by atoms with van der Waals surface area (Å²) in [6, 6.07) is 15.4. The van der Waals surface area contributed by atoms with Crippen LogP contribution in [-0.2, 0) is 38.6 Å². The summed E-state index contributed by atoms with van der Waals surface area (Å²) in [5.74, 6) is -1.14. The number of anilines is 2. The van der Waals surface area contributed by atoms with Crippen molar-refractivity contribution < 1.29 is 19.1 Å². The highest BCUT2D eigenvalue weighted by Crippen LogP contribution is 2.26. The molecule has 0 unspecified atom stereocenters. The Morgan fingerprint density at radius 2 is 1.94 bits per heavy atom. The predicted octanol–water partition coefficient (Wildman–Crippen LogP) is 4.29. The number of thiazole rings is 1. The van der Waals surface area contributed by atoms with Gasteiger partial charge < -0.3 is 15.0 Å². The number of nitrogens with zero attached hydrogens (tertiary/aromatic N) is 2. The van der Waals surface area contributed by atoms with Crippen LogP contribution in [0.2, 0.25) is 0 Å². The Kier molecular flexibility index (Phi) is 7.37. The van der Waals surface area contributed by atoms with Crippen molar-refractivity contribution >= 4 is 40.5 Å². The first-order valence-electron chi connectivity index (χ1n) is 11.3. The van der Waals surface area contributed by atoms with Crippen LogP contribution in [0.5, 0.6) is 0 Å². The molecule has 8 heteroatoms. The van der Waals surface area contributed by atoms with Crippen molar-refractivity contribution in [2.45, 2.75) is 39.7 Å². The summed E-state index contributed by atoms with van der Waals surface area (Å²) >= 11 is 1.35. The Morgan fingerprint density at radius 3 is 2.68 bits per heavy atom. The molecule has 2 aromatic carbocycles. The summed E-state index contributed by atoms with van der Waals surface area (Å²) in [5, 5.41) is 5.32. The molecule has 0 spiro atoms. The highest BCUT2D eigenvalue weighted by atomic mass is 32.1. The zero-order valence-corrected chi connectivity index (χ0v) is 20.1. The van der Waals surface area contributed by atoms with Crippen molar-refractivity contribution in [3.8, 4) is 0 Å². The molecule has 1 aromatic heterocycles. The molecule has 1 atom stereocenters. The summed E-state index contributed by atoms with van der Waals surface area (Å²) in [5.41, 5.74) is 4.35. The molecule has 176 valence electrons. The zero-order valence-electron chi connectivity index (χ0n) is 19.2. The number of esters is 1. The van der Waals surface area contributed by atoms with E-state index in [9.17, 15) is 14.4 Å². The van der Waals surface area contributed by atoms with E-state index in [2.05, 4.69) is 17.2 Å². The Labute approximate surface area is 202 Å². The highest BCUT2D eigenvalue weighted by Gasteiger charge is 2.36. The molecule has 1 N–H and O–H groups in total. The van der Waals surface area contributed by atoms with E-state index in [4.69, 9.17) is 4.74 Å². The molecule has 3 aromatic rings. The fourth-order valence-corrected chi connectivity index (χ4v) is 4.61. The number of rotatable bonds is 8. The van der Waals surface area contributed by atoms with Gasteiger partial charge in [-0.25, -0.2) is 4.98 Å². The van der Waals surface area contributed by atoms with Crippen LogP contribution in [0, 0.1) is 12.8 Å². The minimum absolute atomic E-state index is 0.0185. The van der Waals surface area contributed by atoms with E-state index in [1.807, 2.05) is 55.5 Å². The molecule has 2 amide bonds. The number of nitrogens with one attached hydrogen (secondary N) is 1. The van der Waals surface area contributed by atoms with Gasteiger partial charge in [0.05, 0.1) is 18.0 Å². The first kappa shape index (κ1) is 23.6. The third-order valence-electron chi connectivity index (χ3n) is 5.81. The smallest absolute Gasteiger partial charge is 0.311 e. The third-order valence-corrected chi connectivity index (χ3v) is 6.70. The molecule has 1 aliphatic heterocycles. The number of aryl methyl sites for hydroxylation is 2. The highest BCUT2D eigenvalue weighted by molar-refractivity contribution is 7.09. The van der Waals surface area contributed by atoms with Gasteiger partial charge in [0, 0.05) is 29.7 Å². The van der Waals surface area contributed by atoms with E-state index >= 15 is 0 Å². The van der Waals surface area contributed by atoms with Crippen LogP contribution in [0.15, 0.2) is 53.9 Å². The van der Waals surface area contributed by atoms with E-state index in [1.54, 1.807) is 10.3 Å². The molecule has 0 bridgehead atoms. The fraction of sp³-hybridized carbons (Fsp3) is 0.308. The Bertz CT molecular complexity index is 1190. The molecule has 7 nitrogen and oxygen atoms in total. The number of carbonyl (C=O) groups excluding carboxylic acids is 3. The Hall–Kier alpha value is -3.52. The minimum atomic E-state index is -0.503. The Balaban J connectivity index is 1.27. The lowest BCUT2D eigenvalue weighted by Crippen LogP contribution is -2.26. The van der Waals surface area contributed by atoms with Gasteiger partial charge in [-0.1, -0.05) is 37.3 Å². The van der Waals surface area contributed by atoms with Gasteiger partial charge in [-0.3, -0.25) is 14.4 Å². The van der Waals surface area contributed by atoms with E-state index in [0.717, 1.165) is 23.4 Å². The van der Waals surface area contributed by atoms with Crippen LogP contribution < -0.4 is 10.2 Å². The van der Waals surface area contributed by atoms with Gasteiger partial charge in [0.1, 0.15) is 11.6 Å². The normalized spacial score (nSPS) is 15.4. The van der Waals surface area contributed by atoms with Gasteiger partial charge in [0.2, 0.25) is 11.8 Å². The summed E-state index contributed by atoms with van der Waals surface area (Å²) in [4.78, 5) is 43.4. The maximum atomic E-state index is 12.6. The minimum Gasteiger partial charge on any atom is -0.459 e. The predicted molar refractivity (Wildman–Crippen MR) is 132 cm³/mol. The van der Waals surface area contributed by atoms with Gasteiger partial charge in [-0.15, -0.1) is 11.3 Å². The van der Waals surface area contributed by atoms with Crippen LogP contribution in [0.4, 0.5) is 11.4 Å². The van der Waals surface area contributed by atoms with Crippen molar-refractivity contribution in [2.75, 3.05) is 16.8 Å². The number of ether oxygens (including phenoxy) is 1. The largest absolute Gasteiger partial charge is 0.459 e. The average Bonchev–Trinajstić information content (AvgIpc) is 3.45. The summed E-state index contributed by atoms with van der Waals surface area (Å²) < 4.78 is 5.44. The molecule has 2 heterocycles. The van der Waals surface area contributed by atoms with Gasteiger partial charge in [0.25, 0.3) is 0 Å². The third kappa shape index (κ3) is 5.69. The number of hydrogen-bond donors (Lipinski definition) is 1. The average molecular weight is 478 g/mol. The van der Waals surface area contributed by atoms with E-state index in [-0.39, 0.29) is 31.3 Å². The number of para-hydroxylation sites is 1. The monoisotopic (exact) mass is 477 g/mol. The first-order valence-corrected chi connectivity index (χ1v) is 12.2. The molecular formula is C26H27N3O4S. The molecule has 4 rings (SSSR count). The van der Waals surface area contributed by atoms with E-state index in [0.29, 0.717) is 17.2 Å². The van der Waals surface area contributed by atoms with Crippen LogP contribution in [0.25, 0.3) is 0 Å². The second-order valence-electron chi connectivity index (χ2n) is 8.31. The molecule has 1 saturated heterocycles. The van der Waals surface area contributed by atoms with Crippen LogP contribution in [0.1, 0.15) is 35.2 Å². The quantitative estimate of drug-likeness (QED) is 0.489. The van der Waals surface area contributed by atoms with Crippen molar-refractivity contribution in [1.29, 1.82) is 0 Å². The fourth-order valence-electron chi connectivity index (χ4n) is 3.83. The lowest BCUT2D eigenvalue weighted by Gasteiger charge is -2.16. The lowest BCUT2D eigenvalue weighted by molar-refractivity contribution is -0.149. The molecule has 0 radical (unpaired) electrons. The first-order chi connectivity index (χ1) is 16.4. The number of benzene rings is 2. The van der Waals surface area contributed by atoms with Crippen molar-refractivity contribution in [3.63, 3.8) is 0 Å². The lowest BCUT2D eigenvalue weighted by atomic mass is 10.1.